The molecule has 2 heterocycles. The Kier molecular flexibility index (Phi) is 3.38. The molecule has 3 unspecified atom stereocenters. The maximum absolute atomic E-state index is 5.91. The van der Waals surface area contributed by atoms with E-state index in [4.69, 9.17) is 16.0 Å². The molecule has 0 spiro atoms. The molecule has 1 saturated heterocycles. The topological polar surface area (TPSA) is 42.2 Å². The van der Waals surface area contributed by atoms with Gasteiger partial charge in [-0.25, -0.2) is 0 Å². The first-order chi connectivity index (χ1) is 7.59. The van der Waals surface area contributed by atoms with Gasteiger partial charge in [-0.15, -0.1) is 16.7 Å². The highest BCUT2D eigenvalue weighted by Crippen LogP contribution is 2.29. The van der Waals surface area contributed by atoms with E-state index in [0.717, 1.165) is 6.54 Å². The second kappa shape index (κ2) is 4.62. The molecule has 0 aliphatic carbocycles. The molecule has 0 amide bonds. The van der Waals surface area contributed by atoms with Crippen LogP contribution in [-0.4, -0.2) is 22.8 Å². The molecule has 1 aromatic rings. The van der Waals surface area contributed by atoms with E-state index in [2.05, 4.69) is 28.9 Å². The van der Waals surface area contributed by atoms with Gasteiger partial charge in [0.15, 0.2) is 0 Å². The van der Waals surface area contributed by atoms with Gasteiger partial charge in [-0.3, -0.25) is 0 Å². The Labute approximate surface area is 101 Å². The van der Waals surface area contributed by atoms with Crippen molar-refractivity contribution in [3.05, 3.63) is 5.89 Å². The van der Waals surface area contributed by atoms with Gasteiger partial charge in [-0.1, -0.05) is 12.0 Å². The maximum atomic E-state index is 5.91. The lowest BCUT2D eigenvalue weighted by Gasteiger charge is -2.36. The van der Waals surface area contributed by atoms with Gasteiger partial charge in [-0.2, -0.15) is 0 Å². The molecule has 2 rings (SSSR count). The molecule has 0 radical (unpaired) electrons. The highest BCUT2D eigenvalue weighted by Gasteiger charge is 2.28. The van der Waals surface area contributed by atoms with E-state index in [0.29, 0.717) is 23.9 Å². The third kappa shape index (κ3) is 2.17. The van der Waals surface area contributed by atoms with Crippen LogP contribution >= 0.6 is 11.6 Å². The lowest BCUT2D eigenvalue weighted by atomic mass is 9.92. The number of hydrogen-bond acceptors (Lipinski definition) is 4. The highest BCUT2D eigenvalue weighted by molar-refractivity contribution is 6.20. The number of halogens is 1. The largest absolute Gasteiger partial charge is 0.406 e. The molecule has 0 saturated carbocycles. The summed E-state index contributed by atoms with van der Waals surface area (Å²) in [6.07, 6.45) is 2.45. The zero-order valence-corrected chi connectivity index (χ0v) is 10.7. The van der Waals surface area contributed by atoms with Crippen molar-refractivity contribution in [3.63, 3.8) is 0 Å². The SMILES string of the molecule is CC(Cl)c1nnc(N2CCCC(C)C2C)o1. The molecule has 0 bridgehead atoms. The summed E-state index contributed by atoms with van der Waals surface area (Å²) in [4.78, 5) is 2.18. The second-order valence-electron chi connectivity index (χ2n) is 4.59. The lowest BCUT2D eigenvalue weighted by molar-refractivity contribution is 0.339. The number of rotatable bonds is 2. The van der Waals surface area contributed by atoms with Crippen molar-refractivity contribution in [2.75, 3.05) is 11.4 Å². The monoisotopic (exact) mass is 243 g/mol. The van der Waals surface area contributed by atoms with Gasteiger partial charge in [0.25, 0.3) is 0 Å². The second-order valence-corrected chi connectivity index (χ2v) is 5.25. The normalized spacial score (nSPS) is 28.1. The van der Waals surface area contributed by atoms with E-state index in [9.17, 15) is 0 Å². The fourth-order valence-corrected chi connectivity index (χ4v) is 2.20. The third-order valence-corrected chi connectivity index (χ3v) is 3.58. The Morgan fingerprint density at radius 2 is 2.19 bits per heavy atom. The van der Waals surface area contributed by atoms with Crippen LogP contribution in [0.4, 0.5) is 6.01 Å². The zero-order chi connectivity index (χ0) is 11.7. The van der Waals surface area contributed by atoms with Crippen molar-refractivity contribution in [2.45, 2.75) is 45.0 Å². The molecule has 1 aliphatic rings. The molecular weight excluding hydrogens is 226 g/mol. The summed E-state index contributed by atoms with van der Waals surface area (Å²) in [5.41, 5.74) is 0. The van der Waals surface area contributed by atoms with Crippen LogP contribution in [0.3, 0.4) is 0 Å². The standard InChI is InChI=1S/C11H18ClN3O/c1-7-5-4-6-15(9(7)3)11-14-13-10(16-11)8(2)12/h7-9H,4-6H2,1-3H3. The van der Waals surface area contributed by atoms with Crippen LogP contribution in [0.15, 0.2) is 4.42 Å². The minimum atomic E-state index is -0.223. The summed E-state index contributed by atoms with van der Waals surface area (Å²) < 4.78 is 5.58. The van der Waals surface area contributed by atoms with E-state index < -0.39 is 0 Å². The molecule has 1 aliphatic heterocycles. The Morgan fingerprint density at radius 1 is 1.44 bits per heavy atom. The van der Waals surface area contributed by atoms with Crippen LogP contribution in [0.1, 0.15) is 44.9 Å². The van der Waals surface area contributed by atoms with Gasteiger partial charge >= 0.3 is 6.01 Å². The lowest BCUT2D eigenvalue weighted by Crippen LogP contribution is -2.42. The average molecular weight is 244 g/mol. The molecule has 5 heteroatoms. The quantitative estimate of drug-likeness (QED) is 0.749. The summed E-state index contributed by atoms with van der Waals surface area (Å²) in [7, 11) is 0. The van der Waals surface area contributed by atoms with Gasteiger partial charge in [-0.05, 0) is 32.6 Å². The summed E-state index contributed by atoms with van der Waals surface area (Å²) in [5.74, 6) is 1.17. The van der Waals surface area contributed by atoms with Crippen LogP contribution in [0.25, 0.3) is 0 Å². The molecule has 0 aromatic carbocycles. The summed E-state index contributed by atoms with van der Waals surface area (Å²) >= 11 is 5.91. The van der Waals surface area contributed by atoms with E-state index in [1.165, 1.54) is 12.8 Å². The van der Waals surface area contributed by atoms with E-state index in [1.807, 2.05) is 6.92 Å². The number of anilines is 1. The minimum absolute atomic E-state index is 0.223. The fourth-order valence-electron chi connectivity index (χ4n) is 2.11. The van der Waals surface area contributed by atoms with Crippen LogP contribution in [0, 0.1) is 5.92 Å². The van der Waals surface area contributed by atoms with Crippen molar-refractivity contribution in [3.8, 4) is 0 Å². The fraction of sp³-hybridized carbons (Fsp3) is 0.818. The Hall–Kier alpha value is -0.770. The average Bonchev–Trinajstić information content (AvgIpc) is 2.71. The first-order valence-corrected chi connectivity index (χ1v) is 6.27. The first kappa shape index (κ1) is 11.7. The van der Waals surface area contributed by atoms with Crippen molar-refractivity contribution in [2.24, 2.45) is 5.92 Å². The predicted molar refractivity (Wildman–Crippen MR) is 63.8 cm³/mol. The van der Waals surface area contributed by atoms with E-state index >= 15 is 0 Å². The van der Waals surface area contributed by atoms with Crippen LogP contribution < -0.4 is 4.90 Å². The number of piperidine rings is 1. The molecule has 90 valence electrons. The molecule has 4 nitrogen and oxygen atoms in total. The van der Waals surface area contributed by atoms with Crippen molar-refractivity contribution < 1.29 is 4.42 Å². The number of aromatic nitrogens is 2. The van der Waals surface area contributed by atoms with Gasteiger partial charge in [0.1, 0.15) is 5.38 Å². The first-order valence-electron chi connectivity index (χ1n) is 5.83. The van der Waals surface area contributed by atoms with Crippen molar-refractivity contribution in [1.82, 2.24) is 10.2 Å². The number of nitrogens with zero attached hydrogens (tertiary/aromatic N) is 3. The molecule has 3 atom stereocenters. The molecule has 1 fully saturated rings. The molecular formula is C11H18ClN3O. The molecule has 1 aromatic heterocycles. The highest BCUT2D eigenvalue weighted by atomic mass is 35.5. The Morgan fingerprint density at radius 3 is 2.81 bits per heavy atom. The Balaban J connectivity index is 2.16. The van der Waals surface area contributed by atoms with E-state index in [1.54, 1.807) is 0 Å². The third-order valence-electron chi connectivity index (χ3n) is 3.39. The minimum Gasteiger partial charge on any atom is -0.406 e. The van der Waals surface area contributed by atoms with Crippen molar-refractivity contribution in [1.29, 1.82) is 0 Å². The number of hydrogen-bond donors (Lipinski definition) is 0. The van der Waals surface area contributed by atoms with Crippen LogP contribution in [0.5, 0.6) is 0 Å². The zero-order valence-electron chi connectivity index (χ0n) is 9.98. The van der Waals surface area contributed by atoms with Gasteiger partial charge in [0.05, 0.1) is 0 Å². The van der Waals surface area contributed by atoms with Gasteiger partial charge < -0.3 is 9.32 Å². The Bertz CT molecular complexity index is 353. The van der Waals surface area contributed by atoms with E-state index in [-0.39, 0.29) is 5.38 Å². The maximum Gasteiger partial charge on any atom is 0.318 e. The summed E-state index contributed by atoms with van der Waals surface area (Å²) in [6, 6.07) is 1.06. The predicted octanol–water partition coefficient (Wildman–Crippen LogP) is 2.99. The summed E-state index contributed by atoms with van der Waals surface area (Å²) in [6.45, 7) is 7.29. The van der Waals surface area contributed by atoms with Crippen molar-refractivity contribution >= 4 is 17.6 Å². The molecule has 0 N–H and O–H groups in total. The smallest absolute Gasteiger partial charge is 0.318 e. The van der Waals surface area contributed by atoms with Crippen LogP contribution in [-0.2, 0) is 0 Å². The molecule has 16 heavy (non-hydrogen) atoms. The van der Waals surface area contributed by atoms with Gasteiger partial charge in [0, 0.05) is 12.6 Å². The summed E-state index contributed by atoms with van der Waals surface area (Å²) in [5, 5.41) is 7.81. The van der Waals surface area contributed by atoms with Gasteiger partial charge in [0.2, 0.25) is 5.89 Å². The van der Waals surface area contributed by atoms with Crippen LogP contribution in [0.2, 0.25) is 0 Å². The number of alkyl halides is 1.